The van der Waals surface area contributed by atoms with Gasteiger partial charge in [0, 0.05) is 30.6 Å². The number of nitrogens with zero attached hydrogens (tertiary/aromatic N) is 2. The average molecular weight is 300 g/mol. The molecular formula is C11H16N4O2S2. The molecule has 0 aromatic carbocycles. The largest absolute Gasteiger partial charge is 0.326 e. The van der Waals surface area contributed by atoms with Gasteiger partial charge in [-0.1, -0.05) is 6.07 Å². The number of nitrogens with two attached hydrogens (primary N) is 1. The highest BCUT2D eigenvalue weighted by molar-refractivity contribution is 7.89. The van der Waals surface area contributed by atoms with Crippen LogP contribution >= 0.6 is 11.3 Å². The molecule has 0 bridgehead atoms. The topological polar surface area (TPSA) is 92.1 Å². The second-order valence-electron chi connectivity index (χ2n) is 4.08. The second-order valence-corrected chi connectivity index (χ2v) is 7.10. The van der Waals surface area contributed by atoms with Gasteiger partial charge >= 0.3 is 0 Å². The fourth-order valence-corrected chi connectivity index (χ4v) is 3.64. The molecule has 0 unspecified atom stereocenters. The van der Waals surface area contributed by atoms with Crippen molar-refractivity contribution in [2.24, 2.45) is 5.73 Å². The van der Waals surface area contributed by atoms with Gasteiger partial charge < -0.3 is 5.73 Å². The van der Waals surface area contributed by atoms with Gasteiger partial charge in [0.05, 0.1) is 6.20 Å². The number of nitrogens with one attached hydrogen (secondary N) is 1. The fraction of sp³-hybridized carbons (Fsp3) is 0.364. The maximum absolute atomic E-state index is 12.3. The molecule has 104 valence electrons. The summed E-state index contributed by atoms with van der Waals surface area (Å²) in [4.78, 5) is 1.16. The first kappa shape index (κ1) is 14.2. The second kappa shape index (κ2) is 5.83. The van der Waals surface area contributed by atoms with Crippen molar-refractivity contribution in [1.29, 1.82) is 0 Å². The van der Waals surface area contributed by atoms with Crippen LogP contribution in [0.3, 0.4) is 0 Å². The lowest BCUT2D eigenvalue weighted by Gasteiger charge is -2.16. The zero-order valence-corrected chi connectivity index (χ0v) is 12.2. The lowest BCUT2D eigenvalue weighted by Crippen LogP contribution is -2.30. The SMILES string of the molecule is CN(CCc1cccs1)S(=O)(=O)c1[nH]ncc1CN. The number of hydrogen-bond acceptors (Lipinski definition) is 5. The fourth-order valence-electron chi connectivity index (χ4n) is 1.67. The first-order valence-electron chi connectivity index (χ1n) is 5.76. The van der Waals surface area contributed by atoms with Crippen molar-refractivity contribution in [3.63, 3.8) is 0 Å². The average Bonchev–Trinajstić information content (AvgIpc) is 3.06. The number of hydrogen-bond donors (Lipinski definition) is 2. The van der Waals surface area contributed by atoms with E-state index in [0.717, 1.165) is 4.88 Å². The third-order valence-electron chi connectivity index (χ3n) is 2.82. The molecule has 8 heteroatoms. The number of H-pyrrole nitrogens is 1. The van der Waals surface area contributed by atoms with E-state index in [2.05, 4.69) is 10.2 Å². The van der Waals surface area contributed by atoms with E-state index >= 15 is 0 Å². The first-order valence-corrected chi connectivity index (χ1v) is 8.08. The molecule has 0 amide bonds. The van der Waals surface area contributed by atoms with Gasteiger partial charge in [-0.05, 0) is 17.9 Å². The molecule has 2 rings (SSSR count). The van der Waals surface area contributed by atoms with Crippen LogP contribution in [0.2, 0.25) is 0 Å². The van der Waals surface area contributed by atoms with Gasteiger partial charge in [0.25, 0.3) is 10.0 Å². The summed E-state index contributed by atoms with van der Waals surface area (Å²) in [6.45, 7) is 0.565. The number of aromatic nitrogens is 2. The molecule has 19 heavy (non-hydrogen) atoms. The third-order valence-corrected chi connectivity index (χ3v) is 5.63. The van der Waals surface area contributed by atoms with Gasteiger partial charge in [-0.25, -0.2) is 8.42 Å². The van der Waals surface area contributed by atoms with E-state index in [4.69, 9.17) is 5.73 Å². The Balaban J connectivity index is 2.11. The molecule has 0 aliphatic heterocycles. The minimum atomic E-state index is -3.55. The predicted molar refractivity (Wildman–Crippen MR) is 74.3 cm³/mol. The van der Waals surface area contributed by atoms with Crippen molar-refractivity contribution in [2.45, 2.75) is 18.0 Å². The maximum atomic E-state index is 12.3. The molecule has 0 saturated carbocycles. The quantitative estimate of drug-likeness (QED) is 0.825. The zero-order valence-electron chi connectivity index (χ0n) is 10.5. The summed E-state index contributed by atoms with van der Waals surface area (Å²) in [5.74, 6) is 0. The van der Waals surface area contributed by atoms with E-state index in [1.54, 1.807) is 18.4 Å². The number of rotatable bonds is 6. The highest BCUT2D eigenvalue weighted by Gasteiger charge is 2.25. The molecule has 0 fully saturated rings. The van der Waals surface area contributed by atoms with E-state index in [9.17, 15) is 8.42 Å². The number of sulfonamides is 1. The Bertz CT molecular complexity index is 619. The van der Waals surface area contributed by atoms with Crippen LogP contribution in [0, 0.1) is 0 Å². The molecule has 2 aromatic heterocycles. The molecule has 0 atom stereocenters. The molecule has 0 radical (unpaired) electrons. The van der Waals surface area contributed by atoms with Crippen LogP contribution in [-0.2, 0) is 23.0 Å². The molecule has 0 saturated heterocycles. The van der Waals surface area contributed by atoms with E-state index in [0.29, 0.717) is 18.5 Å². The van der Waals surface area contributed by atoms with Gasteiger partial charge in [-0.15, -0.1) is 11.3 Å². The minimum Gasteiger partial charge on any atom is -0.326 e. The molecule has 0 aliphatic carbocycles. The molecule has 6 nitrogen and oxygen atoms in total. The highest BCUT2D eigenvalue weighted by Crippen LogP contribution is 2.17. The summed E-state index contributed by atoms with van der Waals surface area (Å²) in [6.07, 6.45) is 2.14. The Morgan fingerprint density at radius 1 is 1.53 bits per heavy atom. The number of likely N-dealkylation sites (N-methyl/N-ethyl adjacent to an activating group) is 1. The molecule has 0 aliphatic rings. The molecule has 2 aromatic rings. The van der Waals surface area contributed by atoms with Crippen molar-refractivity contribution in [2.75, 3.05) is 13.6 Å². The van der Waals surface area contributed by atoms with Gasteiger partial charge in [-0.2, -0.15) is 9.40 Å². The minimum absolute atomic E-state index is 0.0867. The first-order chi connectivity index (χ1) is 9.05. The van der Waals surface area contributed by atoms with Crippen LogP contribution in [-0.4, -0.2) is 36.5 Å². The van der Waals surface area contributed by atoms with Crippen molar-refractivity contribution in [3.8, 4) is 0 Å². The zero-order chi connectivity index (χ0) is 13.9. The summed E-state index contributed by atoms with van der Waals surface area (Å²) >= 11 is 1.62. The lowest BCUT2D eigenvalue weighted by molar-refractivity contribution is 0.469. The van der Waals surface area contributed by atoms with Gasteiger partial charge in [0.15, 0.2) is 5.03 Å². The Labute approximate surface area is 116 Å². The highest BCUT2D eigenvalue weighted by atomic mass is 32.2. The van der Waals surface area contributed by atoms with Crippen molar-refractivity contribution < 1.29 is 8.42 Å². The van der Waals surface area contributed by atoms with Crippen LogP contribution in [0.15, 0.2) is 28.7 Å². The van der Waals surface area contributed by atoms with Crippen LogP contribution < -0.4 is 5.73 Å². The van der Waals surface area contributed by atoms with Crippen LogP contribution in [0.4, 0.5) is 0 Å². The van der Waals surface area contributed by atoms with Crippen LogP contribution in [0.5, 0.6) is 0 Å². The maximum Gasteiger partial charge on any atom is 0.260 e. The standard InChI is InChI=1S/C11H16N4O2S2/c1-15(5-4-10-3-2-6-18-10)19(16,17)11-9(7-12)8-13-14-11/h2-3,6,8H,4-5,7,12H2,1H3,(H,13,14). The summed E-state index contributed by atoms with van der Waals surface area (Å²) in [5, 5.41) is 8.32. The molecular weight excluding hydrogens is 284 g/mol. The Morgan fingerprint density at radius 2 is 2.32 bits per heavy atom. The smallest absolute Gasteiger partial charge is 0.260 e. The summed E-state index contributed by atoms with van der Waals surface area (Å²) < 4.78 is 26.0. The van der Waals surface area contributed by atoms with Gasteiger partial charge in [-0.3, -0.25) is 5.10 Å². The Kier molecular flexibility index (Phi) is 4.35. The van der Waals surface area contributed by atoms with E-state index in [-0.39, 0.29) is 11.6 Å². The van der Waals surface area contributed by atoms with E-state index < -0.39 is 10.0 Å². The van der Waals surface area contributed by atoms with Crippen LogP contribution in [0.1, 0.15) is 10.4 Å². The monoisotopic (exact) mass is 300 g/mol. The normalized spacial score (nSPS) is 12.2. The third kappa shape index (κ3) is 3.03. The molecule has 3 N–H and O–H groups in total. The predicted octanol–water partition coefficient (Wildman–Crippen LogP) is 0.793. The number of thiophene rings is 1. The lowest BCUT2D eigenvalue weighted by atomic mass is 10.3. The number of aromatic amines is 1. The summed E-state index contributed by atoms with van der Waals surface area (Å²) in [7, 11) is -1.99. The Hall–Kier alpha value is -1.22. The van der Waals surface area contributed by atoms with Crippen molar-refractivity contribution in [3.05, 3.63) is 34.2 Å². The molecule has 0 spiro atoms. The molecule has 2 heterocycles. The summed E-state index contributed by atoms with van der Waals surface area (Å²) in [6, 6.07) is 3.95. The van der Waals surface area contributed by atoms with E-state index in [1.165, 1.54) is 10.5 Å². The van der Waals surface area contributed by atoms with E-state index in [1.807, 2.05) is 17.5 Å². The van der Waals surface area contributed by atoms with Crippen molar-refractivity contribution >= 4 is 21.4 Å². The van der Waals surface area contributed by atoms with Crippen molar-refractivity contribution in [1.82, 2.24) is 14.5 Å². The van der Waals surface area contributed by atoms with Gasteiger partial charge in [0.1, 0.15) is 0 Å². The van der Waals surface area contributed by atoms with Crippen LogP contribution in [0.25, 0.3) is 0 Å². The summed E-state index contributed by atoms with van der Waals surface area (Å²) in [5.41, 5.74) is 6.00. The Morgan fingerprint density at radius 3 is 2.95 bits per heavy atom. The van der Waals surface area contributed by atoms with Gasteiger partial charge in [0.2, 0.25) is 0 Å².